The molecule has 10 heteroatoms. The smallest absolute Gasteiger partial charge is 0.270 e. The van der Waals surface area contributed by atoms with E-state index in [9.17, 15) is 8.78 Å². The lowest BCUT2D eigenvalue weighted by Gasteiger charge is -2.14. The van der Waals surface area contributed by atoms with Crippen molar-refractivity contribution in [3.63, 3.8) is 0 Å². The Balaban J connectivity index is 1.62. The number of benzene rings is 1. The van der Waals surface area contributed by atoms with Crippen LogP contribution in [-0.4, -0.2) is 35.2 Å². The third-order valence-corrected chi connectivity index (χ3v) is 5.91. The van der Waals surface area contributed by atoms with Crippen molar-refractivity contribution in [1.29, 1.82) is 0 Å². The normalized spacial score (nSPS) is 16.9. The minimum absolute atomic E-state index is 0.302. The van der Waals surface area contributed by atoms with E-state index in [-0.39, 0.29) is 0 Å². The van der Waals surface area contributed by atoms with E-state index < -0.39 is 18.4 Å². The Bertz CT molecular complexity index is 1510. The van der Waals surface area contributed by atoms with E-state index in [1.165, 1.54) is 0 Å². The number of alkyl halides is 2. The highest BCUT2D eigenvalue weighted by molar-refractivity contribution is 5.83. The fourth-order valence-corrected chi connectivity index (χ4v) is 4.29. The molecule has 0 saturated heterocycles. The van der Waals surface area contributed by atoms with E-state index in [0.717, 1.165) is 0 Å². The number of nitrogens with zero attached hydrogens (tertiary/aromatic N) is 6. The van der Waals surface area contributed by atoms with Gasteiger partial charge in [-0.15, -0.1) is 0 Å². The highest BCUT2D eigenvalue weighted by Crippen LogP contribution is 2.42. The number of imidazole rings is 1. The Labute approximate surface area is 186 Å². The van der Waals surface area contributed by atoms with Crippen LogP contribution in [0, 0.1) is 0 Å². The van der Waals surface area contributed by atoms with E-state index in [4.69, 9.17) is 21.4 Å². The van der Waals surface area contributed by atoms with Crippen molar-refractivity contribution < 1.29 is 8.78 Å². The van der Waals surface area contributed by atoms with Crippen molar-refractivity contribution in [2.24, 2.45) is 5.73 Å². The van der Waals surface area contributed by atoms with E-state index >= 15 is 0 Å². The minimum atomic E-state index is -2.99. The van der Waals surface area contributed by atoms with Gasteiger partial charge in [0.25, 0.3) is 5.92 Å². The number of pyridine rings is 2. The van der Waals surface area contributed by atoms with Crippen LogP contribution in [0.25, 0.3) is 34.1 Å². The van der Waals surface area contributed by atoms with Crippen molar-refractivity contribution in [2.75, 3.05) is 5.73 Å². The van der Waals surface area contributed by atoms with Crippen LogP contribution in [0.5, 0.6) is 0 Å². The summed E-state index contributed by atoms with van der Waals surface area (Å²) in [5, 5.41) is 4.24. The number of rotatable bonds is 3. The first-order chi connectivity index (χ1) is 15.9. The van der Waals surface area contributed by atoms with Crippen LogP contribution >= 0.6 is 0 Å². The molecule has 1 aromatic carbocycles. The molecule has 4 N–H and O–H groups in total. The number of hydrogen-bond acceptors (Lipinski definition) is 6. The molecule has 0 amide bonds. The monoisotopic (exact) mass is 444 g/mol. The van der Waals surface area contributed by atoms with Crippen LogP contribution in [0.4, 0.5) is 14.6 Å². The molecular weight excluding hydrogens is 426 g/mol. The number of fused-ring (bicyclic) bond motifs is 2. The first-order valence-electron chi connectivity index (χ1n) is 10.3. The summed E-state index contributed by atoms with van der Waals surface area (Å²) in [6.45, 7) is 0. The van der Waals surface area contributed by atoms with E-state index in [0.29, 0.717) is 51.0 Å². The molecular formula is C23H18F2N8. The second kappa shape index (κ2) is 6.91. The summed E-state index contributed by atoms with van der Waals surface area (Å²) >= 11 is 0. The number of nitrogen functional groups attached to an aromatic ring is 1. The van der Waals surface area contributed by atoms with Gasteiger partial charge in [-0.05, 0) is 53.6 Å². The fourth-order valence-electron chi connectivity index (χ4n) is 4.29. The molecule has 164 valence electrons. The van der Waals surface area contributed by atoms with Gasteiger partial charge in [-0.2, -0.15) is 5.10 Å². The number of anilines is 1. The molecule has 1 aliphatic rings. The van der Waals surface area contributed by atoms with Crippen molar-refractivity contribution in [3.8, 4) is 22.9 Å². The molecule has 0 bridgehead atoms. The van der Waals surface area contributed by atoms with Gasteiger partial charge >= 0.3 is 0 Å². The number of halogens is 2. The van der Waals surface area contributed by atoms with E-state index in [1.807, 2.05) is 18.2 Å². The Kier molecular flexibility index (Phi) is 4.08. The first kappa shape index (κ1) is 19.5. The average molecular weight is 444 g/mol. The maximum absolute atomic E-state index is 14.3. The number of nitrogens with two attached hydrogens (primary N) is 2. The highest BCUT2D eigenvalue weighted by Gasteiger charge is 2.45. The summed E-state index contributed by atoms with van der Waals surface area (Å²) in [7, 11) is 0. The lowest BCUT2D eigenvalue weighted by Crippen LogP contribution is -2.28. The van der Waals surface area contributed by atoms with Crippen LogP contribution in [0.1, 0.15) is 17.2 Å². The quantitative estimate of drug-likeness (QED) is 0.441. The molecule has 0 unspecified atom stereocenters. The number of hydrogen-bond donors (Lipinski definition) is 2. The molecule has 0 radical (unpaired) electrons. The maximum Gasteiger partial charge on any atom is 0.270 e. The van der Waals surface area contributed by atoms with E-state index in [2.05, 4.69) is 10.1 Å². The average Bonchev–Trinajstić information content (AvgIpc) is 3.51. The molecule has 0 saturated carbocycles. The molecule has 5 aromatic rings. The zero-order valence-corrected chi connectivity index (χ0v) is 17.2. The van der Waals surface area contributed by atoms with E-state index in [1.54, 1.807) is 58.2 Å². The van der Waals surface area contributed by atoms with Gasteiger partial charge in [0.2, 0.25) is 0 Å². The van der Waals surface area contributed by atoms with Crippen molar-refractivity contribution in [3.05, 3.63) is 78.2 Å². The minimum Gasteiger partial charge on any atom is -0.383 e. The van der Waals surface area contributed by atoms with Gasteiger partial charge in [0.15, 0.2) is 17.3 Å². The van der Waals surface area contributed by atoms with Gasteiger partial charge in [-0.1, -0.05) is 6.07 Å². The Morgan fingerprint density at radius 2 is 1.91 bits per heavy atom. The molecule has 1 aliphatic carbocycles. The lowest BCUT2D eigenvalue weighted by atomic mass is 10.1. The molecule has 0 fully saturated rings. The zero-order chi connectivity index (χ0) is 22.7. The van der Waals surface area contributed by atoms with Crippen molar-refractivity contribution in [1.82, 2.24) is 29.3 Å². The molecule has 4 heterocycles. The molecule has 4 aromatic heterocycles. The fraction of sp³-hybridized carbons (Fsp3) is 0.130. The Morgan fingerprint density at radius 3 is 2.70 bits per heavy atom. The second-order valence-electron chi connectivity index (χ2n) is 7.97. The summed E-state index contributed by atoms with van der Waals surface area (Å²) in [4.78, 5) is 13.7. The summed E-state index contributed by atoms with van der Waals surface area (Å²) < 4.78 is 32.0. The predicted molar refractivity (Wildman–Crippen MR) is 119 cm³/mol. The largest absolute Gasteiger partial charge is 0.383 e. The highest BCUT2D eigenvalue weighted by atomic mass is 19.3. The van der Waals surface area contributed by atoms with Gasteiger partial charge in [0.1, 0.15) is 11.3 Å². The van der Waals surface area contributed by atoms with Crippen LogP contribution in [0.15, 0.2) is 67.1 Å². The van der Waals surface area contributed by atoms with Crippen molar-refractivity contribution in [2.45, 2.75) is 18.4 Å². The topological polar surface area (TPSA) is 113 Å². The third-order valence-electron chi connectivity index (χ3n) is 5.91. The summed E-state index contributed by atoms with van der Waals surface area (Å²) in [6.07, 6.45) is 4.63. The summed E-state index contributed by atoms with van der Waals surface area (Å²) in [5.41, 5.74) is 15.3. The maximum atomic E-state index is 14.3. The second-order valence-corrected chi connectivity index (χ2v) is 7.97. The molecule has 0 aliphatic heterocycles. The van der Waals surface area contributed by atoms with Crippen molar-refractivity contribution >= 4 is 17.0 Å². The zero-order valence-electron chi connectivity index (χ0n) is 17.2. The SMILES string of the molecule is Nc1ncccc1-c1nc2ccc(-n3cccn3)nc2n1-c1ccc2c(c1)CC(F)(F)[C@@H]2N. The first-order valence-corrected chi connectivity index (χ1v) is 10.3. The standard InChI is InChI=1S/C23H18F2N8/c24-23(25)12-13-11-14(4-5-15(13)19(23)26)33-21(16-3-1-8-28-20(16)27)30-17-6-7-18(31-22(17)33)32-10-2-9-29-32/h1-11,19H,12,26H2,(H2,27,28)/t19-/m1/s1. The summed E-state index contributed by atoms with van der Waals surface area (Å²) in [6, 6.07) is 12.8. The third kappa shape index (κ3) is 2.99. The number of aromatic nitrogens is 6. The van der Waals surface area contributed by atoms with Gasteiger partial charge in [0, 0.05) is 30.7 Å². The van der Waals surface area contributed by atoms with Crippen LogP contribution in [-0.2, 0) is 6.42 Å². The molecule has 0 spiro atoms. The molecule has 6 rings (SSSR count). The van der Waals surface area contributed by atoms with Gasteiger partial charge in [0.05, 0.1) is 11.6 Å². The Morgan fingerprint density at radius 1 is 1.03 bits per heavy atom. The van der Waals surface area contributed by atoms with Crippen LogP contribution in [0.3, 0.4) is 0 Å². The molecule has 33 heavy (non-hydrogen) atoms. The molecule has 1 atom stereocenters. The van der Waals surface area contributed by atoms with Gasteiger partial charge in [-0.25, -0.2) is 28.4 Å². The van der Waals surface area contributed by atoms with Gasteiger partial charge < -0.3 is 11.5 Å². The summed E-state index contributed by atoms with van der Waals surface area (Å²) in [5.74, 6) is -1.58. The molecule has 8 nitrogen and oxygen atoms in total. The Hall–Kier alpha value is -4.18. The lowest BCUT2D eigenvalue weighted by molar-refractivity contribution is -0.0135. The van der Waals surface area contributed by atoms with Gasteiger partial charge in [-0.3, -0.25) is 4.57 Å². The predicted octanol–water partition coefficient (Wildman–Crippen LogP) is 3.44. The van der Waals surface area contributed by atoms with Crippen LogP contribution < -0.4 is 11.5 Å². The van der Waals surface area contributed by atoms with Crippen LogP contribution in [0.2, 0.25) is 0 Å².